The summed E-state index contributed by atoms with van der Waals surface area (Å²) < 4.78 is 5.45. The van der Waals surface area contributed by atoms with Gasteiger partial charge in [-0.3, -0.25) is 9.78 Å². The molecule has 0 radical (unpaired) electrons. The average molecular weight is 408 g/mol. The molecule has 2 N–H and O–H groups in total. The normalized spacial score (nSPS) is 22.6. The van der Waals surface area contributed by atoms with Gasteiger partial charge in [0.05, 0.1) is 0 Å². The highest BCUT2D eigenvalue weighted by Gasteiger charge is 2.24. The minimum atomic E-state index is 0.115. The lowest BCUT2D eigenvalue weighted by atomic mass is 9.89. The van der Waals surface area contributed by atoms with Crippen LogP contribution in [0.2, 0.25) is 0 Å². The molecule has 4 rings (SSSR count). The van der Waals surface area contributed by atoms with E-state index in [-0.39, 0.29) is 5.92 Å². The van der Waals surface area contributed by atoms with Crippen LogP contribution in [0.4, 0.5) is 5.69 Å². The SMILES string of the molecule is C[C@@H]1CC[C@@H](C(=O)Cc2cc(-c3cccc(NCC4CCOCC4)c3)ccn2)CN1. The van der Waals surface area contributed by atoms with Crippen molar-refractivity contribution in [1.82, 2.24) is 10.3 Å². The Labute approximate surface area is 179 Å². The van der Waals surface area contributed by atoms with Crippen molar-refractivity contribution in [3.63, 3.8) is 0 Å². The van der Waals surface area contributed by atoms with E-state index in [1.165, 1.54) is 0 Å². The average Bonchev–Trinajstić information content (AvgIpc) is 2.79. The smallest absolute Gasteiger partial charge is 0.143 e. The Morgan fingerprint density at radius 1 is 1.13 bits per heavy atom. The van der Waals surface area contributed by atoms with Crippen LogP contribution in [0.1, 0.15) is 38.3 Å². The summed E-state index contributed by atoms with van der Waals surface area (Å²) in [6, 6.07) is 13.1. The molecule has 0 amide bonds. The monoisotopic (exact) mass is 407 g/mol. The molecule has 2 fully saturated rings. The summed E-state index contributed by atoms with van der Waals surface area (Å²) in [6.07, 6.45) is 6.54. The molecule has 30 heavy (non-hydrogen) atoms. The molecule has 2 atom stereocenters. The van der Waals surface area contributed by atoms with E-state index >= 15 is 0 Å². The van der Waals surface area contributed by atoms with Crippen molar-refractivity contribution in [2.75, 3.05) is 31.6 Å². The first kappa shape index (κ1) is 21.0. The zero-order valence-electron chi connectivity index (χ0n) is 17.9. The van der Waals surface area contributed by atoms with E-state index in [2.05, 4.69) is 52.9 Å². The predicted octanol–water partition coefficient (Wildman–Crippen LogP) is 4.09. The lowest BCUT2D eigenvalue weighted by Gasteiger charge is -2.26. The fourth-order valence-corrected chi connectivity index (χ4v) is 4.37. The summed E-state index contributed by atoms with van der Waals surface area (Å²) >= 11 is 0. The highest BCUT2D eigenvalue weighted by Crippen LogP contribution is 2.25. The number of pyridine rings is 1. The molecular weight excluding hydrogens is 374 g/mol. The van der Waals surface area contributed by atoms with Gasteiger partial charge >= 0.3 is 0 Å². The van der Waals surface area contributed by atoms with E-state index in [0.717, 1.165) is 74.5 Å². The second-order valence-electron chi connectivity index (χ2n) is 8.78. The number of ketones is 1. The molecule has 0 saturated carbocycles. The number of ether oxygens (including phenoxy) is 1. The summed E-state index contributed by atoms with van der Waals surface area (Å²) in [6.45, 7) is 5.71. The summed E-state index contributed by atoms with van der Waals surface area (Å²) in [4.78, 5) is 17.2. The molecule has 0 bridgehead atoms. The maximum Gasteiger partial charge on any atom is 0.143 e. The Bertz CT molecular complexity index is 840. The topological polar surface area (TPSA) is 63.2 Å². The van der Waals surface area contributed by atoms with Crippen molar-refractivity contribution in [2.45, 2.75) is 45.1 Å². The highest BCUT2D eigenvalue weighted by molar-refractivity contribution is 5.83. The minimum absolute atomic E-state index is 0.115. The van der Waals surface area contributed by atoms with E-state index in [0.29, 0.717) is 24.2 Å². The molecule has 0 unspecified atom stereocenters. The van der Waals surface area contributed by atoms with Gasteiger partial charge in [0.15, 0.2) is 0 Å². The lowest BCUT2D eigenvalue weighted by molar-refractivity contribution is -0.122. The largest absolute Gasteiger partial charge is 0.385 e. The molecule has 0 spiro atoms. The van der Waals surface area contributed by atoms with Gasteiger partial charge in [0, 0.05) is 62.3 Å². The maximum absolute atomic E-state index is 12.7. The molecule has 2 aromatic rings. The molecule has 0 aliphatic carbocycles. The number of benzene rings is 1. The van der Waals surface area contributed by atoms with E-state index in [1.807, 2.05) is 12.3 Å². The first-order valence-corrected chi connectivity index (χ1v) is 11.3. The number of nitrogens with zero attached hydrogens (tertiary/aromatic N) is 1. The van der Waals surface area contributed by atoms with E-state index in [9.17, 15) is 4.79 Å². The second kappa shape index (κ2) is 10.2. The van der Waals surface area contributed by atoms with Crippen LogP contribution in [-0.2, 0) is 16.0 Å². The van der Waals surface area contributed by atoms with Gasteiger partial charge in [0.25, 0.3) is 0 Å². The summed E-state index contributed by atoms with van der Waals surface area (Å²) in [5, 5.41) is 7.01. The van der Waals surface area contributed by atoms with Gasteiger partial charge < -0.3 is 15.4 Å². The Kier molecular flexibility index (Phi) is 7.13. The van der Waals surface area contributed by atoms with Crippen molar-refractivity contribution in [3.05, 3.63) is 48.3 Å². The van der Waals surface area contributed by atoms with Gasteiger partial charge in [-0.25, -0.2) is 0 Å². The molecule has 2 aliphatic heterocycles. The third-order valence-electron chi connectivity index (χ3n) is 6.42. The van der Waals surface area contributed by atoms with Crippen LogP contribution in [0, 0.1) is 11.8 Å². The number of nitrogens with one attached hydrogen (secondary N) is 2. The van der Waals surface area contributed by atoms with Crippen LogP contribution in [0.25, 0.3) is 11.1 Å². The Morgan fingerprint density at radius 2 is 1.97 bits per heavy atom. The quantitative estimate of drug-likeness (QED) is 0.724. The van der Waals surface area contributed by atoms with Crippen molar-refractivity contribution in [2.24, 2.45) is 11.8 Å². The van der Waals surface area contributed by atoms with E-state index < -0.39 is 0 Å². The van der Waals surface area contributed by atoms with Gasteiger partial charge in [-0.15, -0.1) is 0 Å². The lowest BCUT2D eigenvalue weighted by Crippen LogP contribution is -2.40. The number of hydrogen-bond acceptors (Lipinski definition) is 5. The molecule has 1 aromatic carbocycles. The van der Waals surface area contributed by atoms with E-state index in [4.69, 9.17) is 4.74 Å². The zero-order chi connectivity index (χ0) is 20.8. The Balaban J connectivity index is 1.38. The molecule has 1 aromatic heterocycles. The van der Waals surface area contributed by atoms with Crippen molar-refractivity contribution in [1.29, 1.82) is 0 Å². The van der Waals surface area contributed by atoms with Crippen LogP contribution in [0.15, 0.2) is 42.6 Å². The van der Waals surface area contributed by atoms with Gasteiger partial charge in [-0.05, 0) is 73.9 Å². The molecule has 2 saturated heterocycles. The molecule has 160 valence electrons. The Hall–Kier alpha value is -2.24. The third kappa shape index (κ3) is 5.67. The minimum Gasteiger partial charge on any atom is -0.385 e. The first-order chi connectivity index (χ1) is 14.7. The third-order valence-corrected chi connectivity index (χ3v) is 6.42. The van der Waals surface area contributed by atoms with Gasteiger partial charge in [-0.2, -0.15) is 0 Å². The summed E-state index contributed by atoms with van der Waals surface area (Å²) in [5.41, 5.74) is 4.25. The maximum atomic E-state index is 12.7. The van der Waals surface area contributed by atoms with Crippen LogP contribution in [0.3, 0.4) is 0 Å². The van der Waals surface area contributed by atoms with Gasteiger partial charge in [0.2, 0.25) is 0 Å². The first-order valence-electron chi connectivity index (χ1n) is 11.3. The van der Waals surface area contributed by atoms with Crippen molar-refractivity contribution >= 4 is 11.5 Å². The summed E-state index contributed by atoms with van der Waals surface area (Å²) in [5.74, 6) is 1.09. The molecule has 5 heteroatoms. The number of carbonyl (C=O) groups excluding carboxylic acids is 1. The fourth-order valence-electron chi connectivity index (χ4n) is 4.37. The molecule has 2 aliphatic rings. The molecular formula is C25H33N3O2. The van der Waals surface area contributed by atoms with Crippen molar-refractivity contribution in [3.8, 4) is 11.1 Å². The van der Waals surface area contributed by atoms with Gasteiger partial charge in [0.1, 0.15) is 5.78 Å². The molecule has 5 nitrogen and oxygen atoms in total. The van der Waals surface area contributed by atoms with E-state index in [1.54, 1.807) is 0 Å². The number of anilines is 1. The number of piperidine rings is 1. The van der Waals surface area contributed by atoms with Crippen LogP contribution in [0.5, 0.6) is 0 Å². The predicted molar refractivity (Wildman–Crippen MR) is 121 cm³/mol. The number of aromatic nitrogens is 1. The fraction of sp³-hybridized carbons (Fsp3) is 0.520. The van der Waals surface area contributed by atoms with Gasteiger partial charge in [-0.1, -0.05) is 12.1 Å². The summed E-state index contributed by atoms with van der Waals surface area (Å²) in [7, 11) is 0. The standard InChI is InChI=1S/C25H33N3O2/c1-18-5-6-22(17-27-18)25(29)15-24-14-21(7-10-26-24)20-3-2-4-23(13-20)28-16-19-8-11-30-12-9-19/h2-4,7,10,13-14,18-19,22,27-28H,5-6,8-9,11-12,15-17H2,1H3/t18-,22-/m1/s1. The number of rotatable bonds is 7. The van der Waals surface area contributed by atoms with Crippen LogP contribution in [-0.4, -0.2) is 43.1 Å². The number of Topliss-reactive ketones (excluding diaryl/α,β-unsaturated/α-hetero) is 1. The number of carbonyl (C=O) groups is 1. The highest BCUT2D eigenvalue weighted by atomic mass is 16.5. The van der Waals surface area contributed by atoms with Crippen LogP contribution >= 0.6 is 0 Å². The van der Waals surface area contributed by atoms with Crippen LogP contribution < -0.4 is 10.6 Å². The zero-order valence-corrected chi connectivity index (χ0v) is 17.9. The number of hydrogen-bond donors (Lipinski definition) is 2. The van der Waals surface area contributed by atoms with Crippen molar-refractivity contribution < 1.29 is 9.53 Å². The molecule has 3 heterocycles. The second-order valence-corrected chi connectivity index (χ2v) is 8.78. The Morgan fingerprint density at radius 3 is 2.77 bits per heavy atom.